The van der Waals surface area contributed by atoms with Crippen LogP contribution in [0.3, 0.4) is 0 Å². The summed E-state index contributed by atoms with van der Waals surface area (Å²) < 4.78 is 21.4. The minimum absolute atomic E-state index is 0.229. The van der Waals surface area contributed by atoms with Gasteiger partial charge in [-0.2, -0.15) is 0 Å². The van der Waals surface area contributed by atoms with E-state index in [1.165, 1.54) is 23.6 Å². The fourth-order valence-electron chi connectivity index (χ4n) is 2.44. The Morgan fingerprint density at radius 3 is 2.95 bits per heavy atom. The summed E-state index contributed by atoms with van der Waals surface area (Å²) in [4.78, 5) is 4.33. The first-order chi connectivity index (χ1) is 10.1. The maximum absolute atomic E-state index is 13.8. The van der Waals surface area contributed by atoms with Crippen LogP contribution >= 0.6 is 23.6 Å². The Hall–Kier alpha value is -1.66. The van der Waals surface area contributed by atoms with E-state index in [1.54, 1.807) is 17.4 Å². The number of aromatic amines is 1. The van der Waals surface area contributed by atoms with Gasteiger partial charge in [0.15, 0.2) is 16.3 Å². The Kier molecular flexibility index (Phi) is 3.82. The number of nitrogens with one attached hydrogen (secondary N) is 1. The number of imidazole rings is 1. The molecule has 0 spiro atoms. The number of ether oxygens (including phenoxy) is 1. The number of rotatable bonds is 4. The average molecular weight is 322 g/mol. The molecule has 3 aromatic rings. The molecule has 21 heavy (non-hydrogen) atoms. The third-order valence-electron chi connectivity index (χ3n) is 3.57. The van der Waals surface area contributed by atoms with Gasteiger partial charge in [-0.05, 0) is 35.6 Å². The fourth-order valence-corrected chi connectivity index (χ4v) is 3.67. The summed E-state index contributed by atoms with van der Waals surface area (Å²) >= 11 is 7.09. The van der Waals surface area contributed by atoms with E-state index in [0.29, 0.717) is 16.8 Å². The summed E-state index contributed by atoms with van der Waals surface area (Å²) in [7, 11) is 1.46. The van der Waals surface area contributed by atoms with Crippen molar-refractivity contribution >= 4 is 34.6 Å². The third kappa shape index (κ3) is 2.49. The molecule has 0 unspecified atom stereocenters. The van der Waals surface area contributed by atoms with E-state index in [1.807, 2.05) is 4.57 Å². The molecule has 6 heteroatoms. The summed E-state index contributed by atoms with van der Waals surface area (Å²) in [6, 6.07) is 5.25. The first-order valence-corrected chi connectivity index (χ1v) is 7.94. The highest BCUT2D eigenvalue weighted by molar-refractivity contribution is 7.71. The molecule has 0 aliphatic heterocycles. The molecule has 1 aromatic carbocycles. The minimum Gasteiger partial charge on any atom is -0.494 e. The maximum Gasteiger partial charge on any atom is 0.178 e. The zero-order valence-corrected chi connectivity index (χ0v) is 13.4. The van der Waals surface area contributed by atoms with Crippen molar-refractivity contribution in [2.45, 2.75) is 19.9 Å². The van der Waals surface area contributed by atoms with Gasteiger partial charge in [-0.3, -0.25) is 0 Å². The number of aromatic nitrogens is 2. The molecule has 0 saturated heterocycles. The van der Waals surface area contributed by atoms with Crippen LogP contribution in [0.4, 0.5) is 4.39 Å². The van der Waals surface area contributed by atoms with Crippen molar-refractivity contribution in [3.63, 3.8) is 0 Å². The number of thiophene rings is 1. The number of aryl methyl sites for hydroxylation is 1. The summed E-state index contributed by atoms with van der Waals surface area (Å²) in [5, 5.41) is 2.09. The fraction of sp³-hybridized carbons (Fsp3) is 0.267. The summed E-state index contributed by atoms with van der Waals surface area (Å²) in [5.74, 6) is -0.161. The third-order valence-corrected chi connectivity index (χ3v) is 4.84. The van der Waals surface area contributed by atoms with Crippen molar-refractivity contribution in [1.29, 1.82) is 0 Å². The molecule has 110 valence electrons. The lowest BCUT2D eigenvalue weighted by molar-refractivity contribution is 0.387. The Morgan fingerprint density at radius 1 is 1.43 bits per heavy atom. The van der Waals surface area contributed by atoms with Crippen LogP contribution in [-0.4, -0.2) is 16.7 Å². The molecule has 3 rings (SSSR count). The number of H-pyrrole nitrogens is 1. The molecule has 3 nitrogen and oxygen atoms in total. The topological polar surface area (TPSA) is 29.9 Å². The predicted octanol–water partition coefficient (Wildman–Crippen LogP) is 4.52. The van der Waals surface area contributed by atoms with E-state index in [0.717, 1.165) is 11.9 Å². The van der Waals surface area contributed by atoms with E-state index in [-0.39, 0.29) is 5.75 Å². The smallest absolute Gasteiger partial charge is 0.178 e. The van der Waals surface area contributed by atoms with E-state index in [2.05, 4.69) is 23.4 Å². The first-order valence-electron chi connectivity index (χ1n) is 6.65. The largest absolute Gasteiger partial charge is 0.494 e. The van der Waals surface area contributed by atoms with Gasteiger partial charge in [-0.15, -0.1) is 11.3 Å². The van der Waals surface area contributed by atoms with Crippen molar-refractivity contribution < 1.29 is 9.13 Å². The Balaban J connectivity index is 2.14. The van der Waals surface area contributed by atoms with Gasteiger partial charge in [-0.25, -0.2) is 4.39 Å². The second-order valence-corrected chi connectivity index (χ2v) is 6.13. The lowest BCUT2D eigenvalue weighted by atomic mass is 10.2. The van der Waals surface area contributed by atoms with E-state index in [9.17, 15) is 4.39 Å². The molecule has 0 atom stereocenters. The van der Waals surface area contributed by atoms with Crippen molar-refractivity contribution in [1.82, 2.24) is 9.55 Å². The van der Waals surface area contributed by atoms with Gasteiger partial charge in [0.05, 0.1) is 24.7 Å². The second kappa shape index (κ2) is 5.61. The van der Waals surface area contributed by atoms with Crippen LogP contribution in [0.1, 0.15) is 17.4 Å². The van der Waals surface area contributed by atoms with Crippen LogP contribution in [-0.2, 0) is 13.0 Å². The van der Waals surface area contributed by atoms with Crippen LogP contribution < -0.4 is 4.74 Å². The quantitative estimate of drug-likeness (QED) is 0.716. The van der Waals surface area contributed by atoms with Gasteiger partial charge in [0, 0.05) is 17.0 Å². The van der Waals surface area contributed by atoms with Crippen molar-refractivity contribution in [3.8, 4) is 5.75 Å². The number of halogens is 1. The molecule has 0 bridgehead atoms. The van der Waals surface area contributed by atoms with Gasteiger partial charge in [0.25, 0.3) is 0 Å². The highest BCUT2D eigenvalue weighted by Crippen LogP contribution is 2.26. The molecule has 0 aliphatic rings. The van der Waals surface area contributed by atoms with Crippen molar-refractivity contribution in [2.75, 3.05) is 7.11 Å². The van der Waals surface area contributed by atoms with Crippen molar-refractivity contribution in [3.05, 3.63) is 44.6 Å². The molecule has 0 radical (unpaired) electrons. The Labute approximate surface area is 131 Å². The molecule has 0 saturated carbocycles. The summed E-state index contributed by atoms with van der Waals surface area (Å²) in [6.45, 7) is 2.83. The minimum atomic E-state index is -0.390. The summed E-state index contributed by atoms with van der Waals surface area (Å²) in [5.41, 5.74) is 2.87. The Bertz CT molecular complexity index is 847. The zero-order valence-electron chi connectivity index (χ0n) is 11.8. The molecule has 1 N–H and O–H groups in total. The molecular weight excluding hydrogens is 307 g/mol. The summed E-state index contributed by atoms with van der Waals surface area (Å²) in [6.07, 6.45) is 0.993. The SMILES string of the molecule is CCc1ccsc1Cn1c(=S)[nH]c2cc(F)c(OC)cc21. The lowest BCUT2D eigenvalue weighted by Crippen LogP contribution is -2.00. The van der Waals surface area contributed by atoms with Gasteiger partial charge >= 0.3 is 0 Å². The zero-order chi connectivity index (χ0) is 15.0. The van der Waals surface area contributed by atoms with Gasteiger partial charge in [0.1, 0.15) is 0 Å². The molecule has 2 aromatic heterocycles. The van der Waals surface area contributed by atoms with E-state index < -0.39 is 5.82 Å². The molecule has 0 aliphatic carbocycles. The van der Waals surface area contributed by atoms with Crippen LogP contribution in [0.5, 0.6) is 5.75 Å². The monoisotopic (exact) mass is 322 g/mol. The number of hydrogen-bond donors (Lipinski definition) is 1. The standard InChI is InChI=1S/C15H15FN2OS2/c1-3-9-4-5-21-14(9)8-18-12-7-13(19-2)10(16)6-11(12)17-15(18)20/h4-7H,3,8H2,1-2H3,(H,17,20). The van der Waals surface area contributed by atoms with Gasteiger partial charge < -0.3 is 14.3 Å². The van der Waals surface area contributed by atoms with E-state index in [4.69, 9.17) is 17.0 Å². The number of hydrogen-bond acceptors (Lipinski definition) is 3. The molecule has 0 amide bonds. The van der Waals surface area contributed by atoms with Crippen LogP contribution in [0, 0.1) is 10.6 Å². The van der Waals surface area contributed by atoms with Gasteiger partial charge in [-0.1, -0.05) is 6.92 Å². The molecule has 0 fully saturated rings. The van der Waals surface area contributed by atoms with Gasteiger partial charge in [0.2, 0.25) is 0 Å². The second-order valence-electron chi connectivity index (χ2n) is 4.74. The molecular formula is C15H15FN2OS2. The predicted molar refractivity (Wildman–Crippen MR) is 86.4 cm³/mol. The first kappa shape index (κ1) is 14.3. The highest BCUT2D eigenvalue weighted by Gasteiger charge is 2.12. The number of benzene rings is 1. The van der Waals surface area contributed by atoms with E-state index >= 15 is 0 Å². The highest BCUT2D eigenvalue weighted by atomic mass is 32.1. The lowest BCUT2D eigenvalue weighted by Gasteiger charge is -2.07. The van der Waals surface area contributed by atoms with Crippen LogP contribution in [0.2, 0.25) is 0 Å². The van der Waals surface area contributed by atoms with Crippen molar-refractivity contribution in [2.24, 2.45) is 0 Å². The maximum atomic E-state index is 13.8. The van der Waals surface area contributed by atoms with Crippen LogP contribution in [0.15, 0.2) is 23.6 Å². The number of nitrogens with zero attached hydrogens (tertiary/aromatic N) is 1. The normalized spacial score (nSPS) is 11.2. The average Bonchev–Trinajstić information content (AvgIpc) is 3.03. The van der Waals surface area contributed by atoms with Crippen LogP contribution in [0.25, 0.3) is 11.0 Å². The molecule has 2 heterocycles. The number of fused-ring (bicyclic) bond motifs is 1. The number of methoxy groups -OCH3 is 1. The Morgan fingerprint density at radius 2 is 2.24 bits per heavy atom.